The van der Waals surface area contributed by atoms with Crippen molar-refractivity contribution < 1.29 is 0 Å². The molecule has 0 aromatic heterocycles. The third kappa shape index (κ3) is 0.689. The van der Waals surface area contributed by atoms with Gasteiger partial charge < -0.3 is 4.90 Å². The highest BCUT2D eigenvalue weighted by atomic mass is 15.5. The maximum absolute atomic E-state index is 5.69. The van der Waals surface area contributed by atoms with Crippen LogP contribution in [0.2, 0.25) is 0 Å². The van der Waals surface area contributed by atoms with Gasteiger partial charge in [0.15, 0.2) is 0 Å². The number of likely N-dealkylation sites (N-methyl/N-ethyl adjacent to an activating group) is 1. The predicted octanol–water partition coefficient (Wildman–Crippen LogP) is -0.752. The molecule has 0 amide bonds. The molecule has 2 aliphatic heterocycles. The zero-order valence-corrected chi connectivity index (χ0v) is 5.75. The minimum Gasteiger partial charge on any atom is -0.300 e. The van der Waals surface area contributed by atoms with Crippen LogP contribution in [0.15, 0.2) is 0 Å². The lowest BCUT2D eigenvalue weighted by Crippen LogP contribution is -2.47. The molecule has 0 radical (unpaired) electrons. The van der Waals surface area contributed by atoms with Gasteiger partial charge in [0, 0.05) is 25.2 Å². The summed E-state index contributed by atoms with van der Waals surface area (Å²) >= 11 is 0. The van der Waals surface area contributed by atoms with E-state index in [1.165, 1.54) is 13.0 Å². The van der Waals surface area contributed by atoms with Crippen LogP contribution in [0.3, 0.4) is 0 Å². The quantitative estimate of drug-likeness (QED) is 0.434. The van der Waals surface area contributed by atoms with E-state index in [1.54, 1.807) is 0 Å². The van der Waals surface area contributed by atoms with Crippen molar-refractivity contribution >= 4 is 0 Å². The van der Waals surface area contributed by atoms with Crippen LogP contribution < -0.4 is 5.84 Å². The van der Waals surface area contributed by atoms with Crippen LogP contribution in [0, 0.1) is 0 Å². The number of hydrogen-bond acceptors (Lipinski definition) is 3. The fraction of sp³-hybridized carbons (Fsp3) is 1.00. The van der Waals surface area contributed by atoms with Gasteiger partial charge in [-0.15, -0.1) is 0 Å². The number of hydrazine groups is 1. The van der Waals surface area contributed by atoms with Crippen molar-refractivity contribution in [3.63, 3.8) is 0 Å². The van der Waals surface area contributed by atoms with Crippen molar-refractivity contribution in [2.24, 2.45) is 5.84 Å². The molecule has 3 heteroatoms. The van der Waals surface area contributed by atoms with Gasteiger partial charge in [-0.25, -0.2) is 5.01 Å². The van der Waals surface area contributed by atoms with E-state index in [1.807, 2.05) is 5.01 Å². The van der Waals surface area contributed by atoms with Crippen molar-refractivity contribution in [3.8, 4) is 0 Å². The highest BCUT2D eigenvalue weighted by molar-refractivity contribution is 4.95. The Morgan fingerprint density at radius 1 is 1.33 bits per heavy atom. The van der Waals surface area contributed by atoms with E-state index in [4.69, 9.17) is 5.84 Å². The average molecular weight is 127 g/mol. The summed E-state index contributed by atoms with van der Waals surface area (Å²) in [6, 6.07) is 1.40. The molecule has 2 bridgehead atoms. The van der Waals surface area contributed by atoms with Gasteiger partial charge in [0.05, 0.1) is 0 Å². The summed E-state index contributed by atoms with van der Waals surface area (Å²) in [7, 11) is 2.18. The Labute approximate surface area is 55.4 Å². The smallest absolute Gasteiger partial charge is 0.0384 e. The SMILES string of the molecule is CN1C[C@@H]2C[C@H]1CN2N. The summed E-state index contributed by atoms with van der Waals surface area (Å²) in [5.41, 5.74) is 0. The zero-order chi connectivity index (χ0) is 6.43. The molecule has 0 aliphatic carbocycles. The Kier molecular flexibility index (Phi) is 1.06. The number of nitrogens with zero attached hydrogens (tertiary/aromatic N) is 2. The second-order valence-electron chi connectivity index (χ2n) is 3.18. The summed E-state index contributed by atoms with van der Waals surface area (Å²) < 4.78 is 0. The fourth-order valence-electron chi connectivity index (χ4n) is 1.90. The largest absolute Gasteiger partial charge is 0.300 e. The summed E-state index contributed by atoms with van der Waals surface area (Å²) in [5.74, 6) is 5.69. The van der Waals surface area contributed by atoms with Crippen LogP contribution in [0.25, 0.3) is 0 Å². The Balaban J connectivity index is 2.10. The van der Waals surface area contributed by atoms with Gasteiger partial charge in [0.25, 0.3) is 0 Å². The molecule has 9 heavy (non-hydrogen) atoms. The molecule has 52 valence electrons. The first kappa shape index (κ1) is 5.65. The normalized spacial score (nSPS) is 44.7. The lowest BCUT2D eigenvalue weighted by atomic mass is 10.2. The standard InChI is InChI=1S/C6H13N3/c1-8-3-6-2-5(8)4-9(6)7/h5-6H,2-4,7H2,1H3/t5-,6-/m0/s1. The van der Waals surface area contributed by atoms with E-state index >= 15 is 0 Å². The van der Waals surface area contributed by atoms with Crippen LogP contribution in [0.5, 0.6) is 0 Å². The first-order chi connectivity index (χ1) is 4.27. The molecule has 0 aromatic rings. The van der Waals surface area contributed by atoms with Crippen molar-refractivity contribution in [2.45, 2.75) is 18.5 Å². The van der Waals surface area contributed by atoms with Crippen molar-refractivity contribution in [1.29, 1.82) is 0 Å². The number of fused-ring (bicyclic) bond motifs is 2. The molecule has 0 saturated carbocycles. The number of hydrogen-bond donors (Lipinski definition) is 1. The Hall–Kier alpha value is -0.120. The second-order valence-corrected chi connectivity index (χ2v) is 3.18. The van der Waals surface area contributed by atoms with E-state index < -0.39 is 0 Å². The number of likely N-dealkylation sites (tertiary alicyclic amines) is 1. The van der Waals surface area contributed by atoms with Crippen LogP contribution in [0.4, 0.5) is 0 Å². The monoisotopic (exact) mass is 127 g/mol. The number of piperazine rings is 1. The summed E-state index contributed by atoms with van der Waals surface area (Å²) in [6.45, 7) is 2.24. The molecule has 2 saturated heterocycles. The van der Waals surface area contributed by atoms with Crippen LogP contribution in [-0.2, 0) is 0 Å². The summed E-state index contributed by atoms with van der Waals surface area (Å²) in [5, 5.41) is 1.98. The Morgan fingerprint density at radius 3 is 2.44 bits per heavy atom. The predicted molar refractivity (Wildman–Crippen MR) is 35.7 cm³/mol. The molecule has 2 heterocycles. The summed E-state index contributed by atoms with van der Waals surface area (Å²) in [6.07, 6.45) is 1.28. The van der Waals surface area contributed by atoms with E-state index in [9.17, 15) is 0 Å². The second kappa shape index (κ2) is 1.68. The Morgan fingerprint density at radius 2 is 2.11 bits per heavy atom. The average Bonchev–Trinajstić information content (AvgIpc) is 2.24. The van der Waals surface area contributed by atoms with Crippen molar-refractivity contribution in [3.05, 3.63) is 0 Å². The van der Waals surface area contributed by atoms with Crippen LogP contribution in [0.1, 0.15) is 6.42 Å². The minimum atomic E-state index is 0.653. The molecule has 0 aromatic carbocycles. The van der Waals surface area contributed by atoms with Gasteiger partial charge >= 0.3 is 0 Å². The molecular weight excluding hydrogens is 114 g/mol. The lowest BCUT2D eigenvalue weighted by Gasteiger charge is -2.27. The van der Waals surface area contributed by atoms with Crippen LogP contribution >= 0.6 is 0 Å². The third-order valence-corrected chi connectivity index (χ3v) is 2.56. The maximum atomic E-state index is 5.69. The fourth-order valence-corrected chi connectivity index (χ4v) is 1.90. The van der Waals surface area contributed by atoms with Gasteiger partial charge in [-0.2, -0.15) is 0 Å². The first-order valence-electron chi connectivity index (χ1n) is 3.49. The van der Waals surface area contributed by atoms with Crippen molar-refractivity contribution in [2.75, 3.05) is 20.1 Å². The molecular formula is C6H13N3. The molecule has 2 aliphatic rings. The molecule has 2 rings (SSSR count). The van der Waals surface area contributed by atoms with Gasteiger partial charge in [-0.3, -0.25) is 5.84 Å². The van der Waals surface area contributed by atoms with Crippen molar-refractivity contribution in [1.82, 2.24) is 9.91 Å². The van der Waals surface area contributed by atoms with Gasteiger partial charge in [0.2, 0.25) is 0 Å². The molecule has 2 N–H and O–H groups in total. The van der Waals surface area contributed by atoms with E-state index in [0.717, 1.165) is 12.6 Å². The highest BCUT2D eigenvalue weighted by Crippen LogP contribution is 2.25. The maximum Gasteiger partial charge on any atom is 0.0384 e. The molecule has 0 unspecified atom stereocenters. The zero-order valence-electron chi connectivity index (χ0n) is 5.75. The number of nitrogens with two attached hydrogens (primary N) is 1. The third-order valence-electron chi connectivity index (χ3n) is 2.56. The number of rotatable bonds is 0. The summed E-state index contributed by atoms with van der Waals surface area (Å²) in [4.78, 5) is 2.40. The van der Waals surface area contributed by atoms with E-state index in [0.29, 0.717) is 6.04 Å². The van der Waals surface area contributed by atoms with Crippen LogP contribution in [-0.4, -0.2) is 42.1 Å². The molecule has 2 fully saturated rings. The van der Waals surface area contributed by atoms with Gasteiger partial charge in [-0.05, 0) is 13.5 Å². The van der Waals surface area contributed by atoms with E-state index in [2.05, 4.69) is 11.9 Å². The molecule has 0 spiro atoms. The first-order valence-corrected chi connectivity index (χ1v) is 3.49. The topological polar surface area (TPSA) is 32.5 Å². The van der Waals surface area contributed by atoms with E-state index in [-0.39, 0.29) is 0 Å². The Bertz CT molecular complexity index is 107. The molecule has 2 atom stereocenters. The van der Waals surface area contributed by atoms with Gasteiger partial charge in [-0.1, -0.05) is 0 Å². The minimum absolute atomic E-state index is 0.653. The molecule has 3 nitrogen and oxygen atoms in total. The van der Waals surface area contributed by atoms with Gasteiger partial charge in [0.1, 0.15) is 0 Å². The lowest BCUT2D eigenvalue weighted by molar-refractivity contribution is 0.151. The highest BCUT2D eigenvalue weighted by Gasteiger charge is 2.39.